The number of hydrogen-bond acceptors (Lipinski definition) is 5. The Morgan fingerprint density at radius 2 is 1.79 bits per heavy atom. The van der Waals surface area contributed by atoms with Gasteiger partial charge in [0.2, 0.25) is 15.9 Å². The van der Waals surface area contributed by atoms with E-state index >= 15 is 4.39 Å². The summed E-state index contributed by atoms with van der Waals surface area (Å²) in [6, 6.07) is 19.6. The summed E-state index contributed by atoms with van der Waals surface area (Å²) in [5.74, 6) is -1.44. The lowest BCUT2D eigenvalue weighted by molar-refractivity contribution is -0.120. The minimum Gasteiger partial charge on any atom is -0.325 e. The Labute approximate surface area is 259 Å². The molecular formula is C33H40ClFN4O3S. The summed E-state index contributed by atoms with van der Waals surface area (Å²) >= 11 is 6.11. The first kappa shape index (κ1) is 32.8. The van der Waals surface area contributed by atoms with Gasteiger partial charge in [-0.2, -0.15) is 4.31 Å². The van der Waals surface area contributed by atoms with Crippen LogP contribution < -0.4 is 10.6 Å². The average Bonchev–Trinajstić information content (AvgIpc) is 2.97. The molecule has 0 radical (unpaired) electrons. The van der Waals surface area contributed by atoms with Crippen molar-refractivity contribution in [1.29, 1.82) is 5.41 Å². The molecular weight excluding hydrogens is 587 g/mol. The Bertz CT molecular complexity index is 1500. The van der Waals surface area contributed by atoms with Crippen molar-refractivity contribution in [1.82, 2.24) is 9.62 Å². The van der Waals surface area contributed by atoms with Crippen LogP contribution in [0, 0.1) is 23.1 Å². The fourth-order valence-corrected chi connectivity index (χ4v) is 8.14. The van der Waals surface area contributed by atoms with Gasteiger partial charge < -0.3 is 16.0 Å². The van der Waals surface area contributed by atoms with Crippen LogP contribution in [0.1, 0.15) is 50.7 Å². The SMILES string of the molecule is CC(C)C(c1ccc(Cl)cc1)C(CC=N)C(=O)Nc1cccc(F)c1CCC1CNCC(C)N1S(=O)(=O)c1ccccc1. The molecule has 43 heavy (non-hydrogen) atoms. The highest BCUT2D eigenvalue weighted by molar-refractivity contribution is 7.89. The van der Waals surface area contributed by atoms with Crippen molar-refractivity contribution in [3.05, 3.63) is 94.8 Å². The number of rotatable bonds is 12. The molecule has 1 amide bonds. The predicted molar refractivity (Wildman–Crippen MR) is 171 cm³/mol. The number of amides is 1. The van der Waals surface area contributed by atoms with Crippen LogP contribution in [0.15, 0.2) is 77.7 Å². The van der Waals surface area contributed by atoms with E-state index in [0.717, 1.165) is 5.56 Å². The molecule has 1 aliphatic rings. The fraction of sp³-hybridized carbons (Fsp3) is 0.394. The van der Waals surface area contributed by atoms with E-state index < -0.39 is 27.8 Å². The van der Waals surface area contributed by atoms with Gasteiger partial charge in [0, 0.05) is 41.4 Å². The highest BCUT2D eigenvalue weighted by Gasteiger charge is 2.38. The van der Waals surface area contributed by atoms with Crippen molar-refractivity contribution in [2.45, 2.75) is 62.9 Å². The second-order valence-corrected chi connectivity index (χ2v) is 13.8. The summed E-state index contributed by atoms with van der Waals surface area (Å²) in [5, 5.41) is 14.7. The fourth-order valence-electron chi connectivity index (χ4n) is 6.15. The van der Waals surface area contributed by atoms with Gasteiger partial charge in [-0.25, -0.2) is 12.8 Å². The number of carbonyl (C=O) groups is 1. The number of anilines is 1. The minimum atomic E-state index is -3.77. The molecule has 3 aromatic rings. The van der Waals surface area contributed by atoms with E-state index in [-0.39, 0.29) is 41.5 Å². The normalized spacial score (nSPS) is 19.1. The molecule has 3 aromatic carbocycles. The first-order chi connectivity index (χ1) is 20.5. The summed E-state index contributed by atoms with van der Waals surface area (Å²) in [6.45, 7) is 6.88. The minimum absolute atomic E-state index is 0.0854. The van der Waals surface area contributed by atoms with Gasteiger partial charge in [0.05, 0.1) is 10.8 Å². The van der Waals surface area contributed by atoms with E-state index in [1.165, 1.54) is 16.6 Å². The molecule has 0 bridgehead atoms. The number of carbonyl (C=O) groups excluding carboxylic acids is 1. The molecule has 7 nitrogen and oxygen atoms in total. The summed E-state index contributed by atoms with van der Waals surface area (Å²) in [5.41, 5.74) is 1.62. The van der Waals surface area contributed by atoms with Crippen LogP contribution in [0.25, 0.3) is 0 Å². The molecule has 4 atom stereocenters. The van der Waals surface area contributed by atoms with E-state index in [9.17, 15) is 13.2 Å². The van der Waals surface area contributed by atoms with E-state index in [1.807, 2.05) is 32.9 Å². The van der Waals surface area contributed by atoms with Crippen molar-refractivity contribution in [3.63, 3.8) is 0 Å². The summed E-state index contributed by atoms with van der Waals surface area (Å²) in [7, 11) is -3.77. The Hall–Kier alpha value is -3.11. The molecule has 0 aliphatic carbocycles. The van der Waals surface area contributed by atoms with Crippen molar-refractivity contribution in [2.75, 3.05) is 18.4 Å². The van der Waals surface area contributed by atoms with Gasteiger partial charge in [-0.1, -0.05) is 61.8 Å². The third-order valence-electron chi connectivity index (χ3n) is 8.15. The number of nitrogens with one attached hydrogen (secondary N) is 3. The highest BCUT2D eigenvalue weighted by atomic mass is 35.5. The molecule has 4 rings (SSSR count). The maximum absolute atomic E-state index is 15.3. The maximum atomic E-state index is 15.3. The van der Waals surface area contributed by atoms with Crippen molar-refractivity contribution < 1.29 is 17.6 Å². The van der Waals surface area contributed by atoms with E-state index in [0.29, 0.717) is 35.8 Å². The zero-order valence-corrected chi connectivity index (χ0v) is 26.3. The Morgan fingerprint density at radius 1 is 1.09 bits per heavy atom. The zero-order valence-electron chi connectivity index (χ0n) is 24.8. The second kappa shape index (κ2) is 14.6. The standard InChI is InChI=1S/C33H40ClFN4O3S/c1-22(2)32(24-12-14-25(34)15-13-24)29(18-19-36)33(40)38-31-11-7-10-30(35)28(31)17-16-26-21-37-20-23(3)39(26)43(41,42)27-8-5-4-6-9-27/h4-15,19,22-23,26,29,32,36-37H,16-18,20-21H2,1-3H3,(H,38,40). The van der Waals surface area contributed by atoms with Gasteiger partial charge >= 0.3 is 0 Å². The number of sulfonamides is 1. The second-order valence-electron chi connectivity index (χ2n) is 11.5. The summed E-state index contributed by atoms with van der Waals surface area (Å²) in [4.78, 5) is 14.0. The number of piperazine rings is 1. The third-order valence-corrected chi connectivity index (χ3v) is 10.5. The molecule has 1 saturated heterocycles. The Balaban J connectivity index is 1.58. The van der Waals surface area contributed by atoms with Crippen LogP contribution in [-0.4, -0.2) is 50.0 Å². The van der Waals surface area contributed by atoms with Crippen molar-refractivity contribution >= 4 is 39.4 Å². The predicted octanol–water partition coefficient (Wildman–Crippen LogP) is 6.50. The lowest BCUT2D eigenvalue weighted by Gasteiger charge is -2.40. The molecule has 3 N–H and O–H groups in total. The van der Waals surface area contributed by atoms with Crippen LogP contribution in [0.5, 0.6) is 0 Å². The van der Waals surface area contributed by atoms with Gasteiger partial charge in [-0.15, -0.1) is 0 Å². The number of halogens is 2. The quantitative estimate of drug-likeness (QED) is 0.200. The van der Waals surface area contributed by atoms with E-state index in [4.69, 9.17) is 17.0 Å². The summed E-state index contributed by atoms with van der Waals surface area (Å²) < 4.78 is 44.1. The van der Waals surface area contributed by atoms with Gasteiger partial charge in [0.15, 0.2) is 0 Å². The van der Waals surface area contributed by atoms with Crippen LogP contribution >= 0.6 is 11.6 Å². The van der Waals surface area contributed by atoms with Crippen molar-refractivity contribution in [2.24, 2.45) is 11.8 Å². The van der Waals surface area contributed by atoms with Gasteiger partial charge in [0.1, 0.15) is 5.82 Å². The Morgan fingerprint density at radius 3 is 2.44 bits per heavy atom. The average molecular weight is 627 g/mol. The molecule has 0 saturated carbocycles. The van der Waals surface area contributed by atoms with Gasteiger partial charge in [-0.05, 0) is 86.2 Å². The van der Waals surface area contributed by atoms with Crippen LogP contribution in [0.3, 0.4) is 0 Å². The van der Waals surface area contributed by atoms with Crippen LogP contribution in [0.4, 0.5) is 10.1 Å². The number of nitrogens with zero attached hydrogens (tertiary/aromatic N) is 1. The first-order valence-corrected chi connectivity index (χ1v) is 16.5. The van der Waals surface area contributed by atoms with Gasteiger partial charge in [-0.3, -0.25) is 4.79 Å². The smallest absolute Gasteiger partial charge is 0.243 e. The molecule has 1 aliphatic heterocycles. The zero-order chi connectivity index (χ0) is 31.1. The largest absolute Gasteiger partial charge is 0.325 e. The van der Waals surface area contributed by atoms with E-state index in [1.54, 1.807) is 54.6 Å². The molecule has 1 fully saturated rings. The highest BCUT2D eigenvalue weighted by Crippen LogP contribution is 2.36. The van der Waals surface area contributed by atoms with Crippen LogP contribution in [0.2, 0.25) is 5.02 Å². The maximum Gasteiger partial charge on any atom is 0.243 e. The topological polar surface area (TPSA) is 102 Å². The molecule has 1 heterocycles. The molecule has 230 valence electrons. The lowest BCUT2D eigenvalue weighted by atomic mass is 9.76. The number of hydrogen-bond donors (Lipinski definition) is 3. The molecule has 4 unspecified atom stereocenters. The molecule has 10 heteroatoms. The van der Waals surface area contributed by atoms with Crippen LogP contribution in [-0.2, 0) is 21.2 Å². The monoisotopic (exact) mass is 626 g/mol. The number of benzene rings is 3. The molecule has 0 spiro atoms. The lowest BCUT2D eigenvalue weighted by Crippen LogP contribution is -2.58. The molecule has 0 aromatic heterocycles. The first-order valence-electron chi connectivity index (χ1n) is 14.7. The van der Waals surface area contributed by atoms with E-state index in [2.05, 4.69) is 10.6 Å². The Kier molecular flexibility index (Phi) is 11.1. The summed E-state index contributed by atoms with van der Waals surface area (Å²) in [6.07, 6.45) is 2.04. The van der Waals surface area contributed by atoms with Crippen molar-refractivity contribution in [3.8, 4) is 0 Å². The third kappa shape index (κ3) is 7.70. The van der Waals surface area contributed by atoms with Gasteiger partial charge in [0.25, 0.3) is 0 Å².